The topological polar surface area (TPSA) is 38.5 Å². The summed E-state index contributed by atoms with van der Waals surface area (Å²) in [5, 5.41) is 0. The van der Waals surface area contributed by atoms with E-state index in [0.717, 1.165) is 23.2 Å². The minimum absolute atomic E-state index is 0.427. The van der Waals surface area contributed by atoms with Crippen molar-refractivity contribution in [3.8, 4) is 5.75 Å². The Kier molecular flexibility index (Phi) is 5.95. The average molecular weight is 301 g/mol. The first-order chi connectivity index (χ1) is 8.08. The maximum Gasteiger partial charge on any atom is 0.133 e. The second-order valence-electron chi connectivity index (χ2n) is 4.28. The fourth-order valence-electron chi connectivity index (χ4n) is 1.57. The highest BCUT2D eigenvalue weighted by atomic mass is 79.9. The number of ether oxygens (including phenoxy) is 1. The summed E-state index contributed by atoms with van der Waals surface area (Å²) in [5.74, 6) is 0.873. The summed E-state index contributed by atoms with van der Waals surface area (Å²) in [4.78, 5) is 2.28. The molecule has 3 nitrogen and oxygen atoms in total. The molecule has 0 aliphatic heterocycles. The van der Waals surface area contributed by atoms with Crippen molar-refractivity contribution in [3.05, 3.63) is 28.2 Å². The molecule has 0 aliphatic rings. The molecule has 1 atom stereocenters. The number of methoxy groups -OCH3 is 1. The normalized spacial score (nSPS) is 12.8. The summed E-state index contributed by atoms with van der Waals surface area (Å²) < 4.78 is 6.21. The van der Waals surface area contributed by atoms with Crippen molar-refractivity contribution in [1.82, 2.24) is 4.90 Å². The lowest BCUT2D eigenvalue weighted by molar-refractivity contribution is 0.266. The monoisotopic (exact) mass is 300 g/mol. The van der Waals surface area contributed by atoms with Gasteiger partial charge in [0.2, 0.25) is 0 Å². The summed E-state index contributed by atoms with van der Waals surface area (Å²) in [6.07, 6.45) is 1.02. The molecule has 0 aromatic heterocycles. The standard InChI is InChI=1S/C13H21BrN2O/c1-10(9-15)16(2)7-6-11-4-5-13(17-3)12(14)8-11/h4-5,8,10H,6-7,9,15H2,1-3H3. The van der Waals surface area contributed by atoms with Crippen LogP contribution in [-0.2, 0) is 6.42 Å². The lowest BCUT2D eigenvalue weighted by Crippen LogP contribution is -2.36. The van der Waals surface area contributed by atoms with Crippen LogP contribution in [0.5, 0.6) is 5.75 Å². The largest absolute Gasteiger partial charge is 0.496 e. The molecule has 0 amide bonds. The molecule has 0 spiro atoms. The zero-order valence-corrected chi connectivity index (χ0v) is 12.3. The molecular formula is C13H21BrN2O. The van der Waals surface area contributed by atoms with Crippen molar-refractivity contribution >= 4 is 15.9 Å². The Labute approximate surface area is 112 Å². The van der Waals surface area contributed by atoms with Crippen molar-refractivity contribution < 1.29 is 4.74 Å². The summed E-state index contributed by atoms with van der Waals surface area (Å²) in [6, 6.07) is 6.63. The molecular weight excluding hydrogens is 280 g/mol. The van der Waals surface area contributed by atoms with Crippen LogP contribution in [0.3, 0.4) is 0 Å². The number of hydrogen-bond donors (Lipinski definition) is 1. The van der Waals surface area contributed by atoms with Gasteiger partial charge in [0.15, 0.2) is 0 Å². The minimum Gasteiger partial charge on any atom is -0.496 e. The Morgan fingerprint density at radius 3 is 2.71 bits per heavy atom. The van der Waals surface area contributed by atoms with Crippen molar-refractivity contribution in [2.75, 3.05) is 27.2 Å². The van der Waals surface area contributed by atoms with Gasteiger partial charge in [-0.2, -0.15) is 0 Å². The molecule has 0 fully saturated rings. The first kappa shape index (κ1) is 14.5. The van der Waals surface area contributed by atoms with Gasteiger partial charge in [-0.15, -0.1) is 0 Å². The van der Waals surface area contributed by atoms with E-state index in [1.54, 1.807) is 7.11 Å². The maximum atomic E-state index is 5.64. The molecule has 0 aliphatic carbocycles. The van der Waals surface area contributed by atoms with Gasteiger partial charge in [-0.25, -0.2) is 0 Å². The van der Waals surface area contributed by atoms with Crippen molar-refractivity contribution in [1.29, 1.82) is 0 Å². The van der Waals surface area contributed by atoms with E-state index in [2.05, 4.69) is 46.9 Å². The molecule has 1 rings (SSSR count). The van der Waals surface area contributed by atoms with Crippen LogP contribution in [0.4, 0.5) is 0 Å². The van der Waals surface area contributed by atoms with Gasteiger partial charge in [0, 0.05) is 19.1 Å². The minimum atomic E-state index is 0.427. The van der Waals surface area contributed by atoms with Crippen molar-refractivity contribution in [2.45, 2.75) is 19.4 Å². The Morgan fingerprint density at radius 2 is 2.18 bits per heavy atom. The Morgan fingerprint density at radius 1 is 1.47 bits per heavy atom. The lowest BCUT2D eigenvalue weighted by atomic mass is 10.1. The molecule has 1 aromatic carbocycles. The number of nitrogens with zero attached hydrogens (tertiary/aromatic N) is 1. The molecule has 1 aromatic rings. The highest BCUT2D eigenvalue weighted by Crippen LogP contribution is 2.25. The molecule has 2 N–H and O–H groups in total. The molecule has 4 heteroatoms. The molecule has 0 radical (unpaired) electrons. The summed E-state index contributed by atoms with van der Waals surface area (Å²) in [7, 11) is 3.78. The van der Waals surface area contributed by atoms with Crippen LogP contribution >= 0.6 is 15.9 Å². The number of nitrogens with two attached hydrogens (primary N) is 1. The van der Waals surface area contributed by atoms with E-state index in [4.69, 9.17) is 10.5 Å². The molecule has 17 heavy (non-hydrogen) atoms. The van der Waals surface area contributed by atoms with Crippen LogP contribution in [0.15, 0.2) is 22.7 Å². The van der Waals surface area contributed by atoms with Gasteiger partial charge in [0.1, 0.15) is 5.75 Å². The zero-order chi connectivity index (χ0) is 12.8. The van der Waals surface area contributed by atoms with Gasteiger partial charge in [0.25, 0.3) is 0 Å². The van der Waals surface area contributed by atoms with E-state index < -0.39 is 0 Å². The van der Waals surface area contributed by atoms with E-state index in [1.165, 1.54) is 5.56 Å². The van der Waals surface area contributed by atoms with E-state index in [0.29, 0.717) is 12.6 Å². The SMILES string of the molecule is COc1ccc(CCN(C)C(C)CN)cc1Br. The number of halogens is 1. The molecule has 0 saturated heterocycles. The fraction of sp³-hybridized carbons (Fsp3) is 0.538. The average Bonchev–Trinajstić information content (AvgIpc) is 2.35. The summed E-state index contributed by atoms with van der Waals surface area (Å²) in [5.41, 5.74) is 6.94. The van der Waals surface area contributed by atoms with Crippen LogP contribution in [0.2, 0.25) is 0 Å². The first-order valence-electron chi connectivity index (χ1n) is 5.81. The van der Waals surface area contributed by atoms with Gasteiger partial charge in [0.05, 0.1) is 11.6 Å². The second kappa shape index (κ2) is 6.99. The second-order valence-corrected chi connectivity index (χ2v) is 5.14. The highest BCUT2D eigenvalue weighted by Gasteiger charge is 2.07. The maximum absolute atomic E-state index is 5.64. The fourth-order valence-corrected chi connectivity index (χ4v) is 2.16. The predicted octanol–water partition coefficient (Wildman–Crippen LogP) is 2.28. The summed E-state index contributed by atoms with van der Waals surface area (Å²) >= 11 is 3.50. The van der Waals surface area contributed by atoms with Crippen molar-refractivity contribution in [3.63, 3.8) is 0 Å². The van der Waals surface area contributed by atoms with E-state index >= 15 is 0 Å². The van der Waals surface area contributed by atoms with E-state index in [9.17, 15) is 0 Å². The Bertz CT molecular complexity index is 357. The van der Waals surface area contributed by atoms with Gasteiger partial charge in [-0.05, 0) is 54.0 Å². The third-order valence-corrected chi connectivity index (χ3v) is 3.68. The predicted molar refractivity (Wildman–Crippen MR) is 75.5 cm³/mol. The number of likely N-dealkylation sites (N-methyl/N-ethyl adjacent to an activating group) is 1. The Balaban J connectivity index is 2.55. The van der Waals surface area contributed by atoms with Crippen LogP contribution in [0, 0.1) is 0 Å². The number of benzene rings is 1. The first-order valence-corrected chi connectivity index (χ1v) is 6.60. The van der Waals surface area contributed by atoms with Gasteiger partial charge < -0.3 is 15.4 Å². The summed E-state index contributed by atoms with van der Waals surface area (Å²) in [6.45, 7) is 3.85. The molecule has 96 valence electrons. The zero-order valence-electron chi connectivity index (χ0n) is 10.7. The lowest BCUT2D eigenvalue weighted by Gasteiger charge is -2.23. The van der Waals surface area contributed by atoms with Crippen LogP contribution in [-0.4, -0.2) is 38.2 Å². The van der Waals surface area contributed by atoms with E-state index in [1.807, 2.05) is 6.07 Å². The van der Waals surface area contributed by atoms with Crippen LogP contribution < -0.4 is 10.5 Å². The van der Waals surface area contributed by atoms with Gasteiger partial charge in [-0.3, -0.25) is 0 Å². The third-order valence-electron chi connectivity index (χ3n) is 3.06. The van der Waals surface area contributed by atoms with Crippen LogP contribution in [0.1, 0.15) is 12.5 Å². The smallest absolute Gasteiger partial charge is 0.133 e. The molecule has 0 bridgehead atoms. The van der Waals surface area contributed by atoms with Crippen LogP contribution in [0.25, 0.3) is 0 Å². The third kappa shape index (κ3) is 4.30. The van der Waals surface area contributed by atoms with E-state index in [-0.39, 0.29) is 0 Å². The van der Waals surface area contributed by atoms with Gasteiger partial charge >= 0.3 is 0 Å². The Hall–Kier alpha value is -0.580. The van der Waals surface area contributed by atoms with Crippen molar-refractivity contribution in [2.24, 2.45) is 5.73 Å². The molecule has 1 unspecified atom stereocenters. The highest BCUT2D eigenvalue weighted by molar-refractivity contribution is 9.10. The molecule has 0 heterocycles. The molecule has 0 saturated carbocycles. The number of rotatable bonds is 6. The van der Waals surface area contributed by atoms with Gasteiger partial charge in [-0.1, -0.05) is 6.07 Å². The number of hydrogen-bond acceptors (Lipinski definition) is 3. The quantitative estimate of drug-likeness (QED) is 0.876.